The molecule has 0 aromatic rings. The van der Waals surface area contributed by atoms with Gasteiger partial charge in [0.05, 0.1) is 5.25 Å². The Morgan fingerprint density at radius 1 is 2.00 bits per heavy atom. The number of carbonyl (C=O) groups is 1. The van der Waals surface area contributed by atoms with E-state index < -0.39 is 0 Å². The number of rotatable bonds is 2. The van der Waals surface area contributed by atoms with Crippen molar-refractivity contribution in [2.45, 2.75) is 12.2 Å². The molecule has 0 aromatic heterocycles. The molecule has 0 aromatic carbocycles. The van der Waals surface area contributed by atoms with Crippen molar-refractivity contribution in [3.05, 3.63) is 0 Å². The number of hydrogen-bond donors (Lipinski definition) is 3. The third-order valence-electron chi connectivity index (χ3n) is 0.633. The first-order chi connectivity index (χ1) is 3.68. The zero-order chi connectivity index (χ0) is 6.57. The van der Waals surface area contributed by atoms with E-state index in [1.807, 2.05) is 0 Å². The van der Waals surface area contributed by atoms with Crippen LogP contribution in [0.1, 0.15) is 6.92 Å². The maximum atomic E-state index is 10.4. The molecule has 8 heavy (non-hydrogen) atoms. The van der Waals surface area contributed by atoms with Crippen LogP contribution in [-0.4, -0.2) is 23.0 Å². The molecule has 0 saturated heterocycles. The van der Waals surface area contributed by atoms with Gasteiger partial charge in [-0.15, -0.1) is 0 Å². The van der Waals surface area contributed by atoms with E-state index in [1.165, 1.54) is 0 Å². The van der Waals surface area contributed by atoms with Crippen molar-refractivity contribution in [3.8, 4) is 0 Å². The minimum Gasteiger partial charge on any atom is -0.377 e. The molecule has 2 N–H and O–H groups in total. The van der Waals surface area contributed by atoms with Gasteiger partial charge in [0.25, 0.3) is 0 Å². The van der Waals surface area contributed by atoms with Crippen LogP contribution in [0.15, 0.2) is 0 Å². The molecule has 0 spiro atoms. The summed E-state index contributed by atoms with van der Waals surface area (Å²) in [6.07, 6.45) is 0. The molecule has 0 heterocycles. The Hall–Kier alpha value is -0.220. The third-order valence-corrected chi connectivity index (χ3v) is 0.867. The van der Waals surface area contributed by atoms with Gasteiger partial charge in [-0.25, -0.2) is 0 Å². The van der Waals surface area contributed by atoms with E-state index in [0.29, 0.717) is 0 Å². The number of hydrogen-bond acceptors (Lipinski definition) is 3. The van der Waals surface area contributed by atoms with Crippen molar-refractivity contribution in [1.29, 1.82) is 0 Å². The first-order valence-corrected chi connectivity index (χ1v) is 2.76. The summed E-state index contributed by atoms with van der Waals surface area (Å²) in [5, 5.41) is 9.96. The van der Waals surface area contributed by atoms with Gasteiger partial charge in [0, 0.05) is 0 Å². The normalized spacial score (nSPS) is 12.9. The lowest BCUT2D eigenvalue weighted by molar-refractivity contribution is -0.121. The van der Waals surface area contributed by atoms with E-state index in [-0.39, 0.29) is 17.9 Å². The number of nitrogens with one attached hydrogen (secondary N) is 1. The fraction of sp³-hybridized carbons (Fsp3) is 0.750. The molecule has 0 saturated carbocycles. The molecular weight excluding hydrogens is 126 g/mol. The van der Waals surface area contributed by atoms with Crippen LogP contribution >= 0.6 is 12.6 Å². The lowest BCUT2D eigenvalue weighted by atomic mass is 10.4. The molecule has 48 valence electrons. The Balaban J connectivity index is 3.33. The van der Waals surface area contributed by atoms with Crippen LogP contribution in [0.2, 0.25) is 0 Å². The molecule has 0 unspecified atom stereocenters. The van der Waals surface area contributed by atoms with E-state index in [9.17, 15) is 4.79 Å². The minimum atomic E-state index is -0.345. The van der Waals surface area contributed by atoms with Crippen LogP contribution in [0.4, 0.5) is 0 Å². The smallest absolute Gasteiger partial charge is 0.234 e. The lowest BCUT2D eigenvalue weighted by Crippen LogP contribution is -2.30. The number of thiol groups is 1. The second-order valence-electron chi connectivity index (χ2n) is 1.38. The Morgan fingerprint density at radius 2 is 2.50 bits per heavy atom. The summed E-state index contributed by atoms with van der Waals surface area (Å²) in [5.74, 6) is -0.254. The highest BCUT2D eigenvalue weighted by molar-refractivity contribution is 7.81. The second kappa shape index (κ2) is 3.74. The first-order valence-electron chi connectivity index (χ1n) is 2.25. The van der Waals surface area contributed by atoms with Crippen molar-refractivity contribution in [2.24, 2.45) is 0 Å². The summed E-state index contributed by atoms with van der Waals surface area (Å²) >= 11 is 3.80. The molecule has 0 aliphatic carbocycles. The van der Waals surface area contributed by atoms with Gasteiger partial charge in [-0.1, -0.05) is 0 Å². The predicted octanol–water partition coefficient (Wildman–Crippen LogP) is -0.629. The standard InChI is InChI=1S/C4H9NO2S/c1-3(8)4(7)5-2-6/h3,6,8H,2H2,1H3,(H,5,7)/t3-/m1/s1. The predicted molar refractivity (Wildman–Crippen MR) is 33.7 cm³/mol. The number of aliphatic hydroxyl groups excluding tert-OH is 1. The Bertz CT molecular complexity index is 84.1. The fourth-order valence-corrected chi connectivity index (χ4v) is 0.317. The molecule has 0 aliphatic heterocycles. The molecular formula is C4H9NO2S. The van der Waals surface area contributed by atoms with Gasteiger partial charge in [0.15, 0.2) is 0 Å². The number of amides is 1. The van der Waals surface area contributed by atoms with Crippen LogP contribution in [0, 0.1) is 0 Å². The minimum absolute atomic E-state index is 0.254. The zero-order valence-corrected chi connectivity index (χ0v) is 5.48. The molecule has 0 radical (unpaired) electrons. The van der Waals surface area contributed by atoms with Crippen molar-refractivity contribution >= 4 is 18.5 Å². The first kappa shape index (κ1) is 7.78. The van der Waals surface area contributed by atoms with Crippen LogP contribution in [-0.2, 0) is 4.79 Å². The molecule has 1 atom stereocenters. The molecule has 0 rings (SSSR count). The summed E-state index contributed by atoms with van der Waals surface area (Å²) in [4.78, 5) is 10.4. The van der Waals surface area contributed by atoms with Gasteiger partial charge >= 0.3 is 0 Å². The quantitative estimate of drug-likeness (QED) is 0.349. The maximum absolute atomic E-state index is 10.4. The van der Waals surface area contributed by atoms with Crippen LogP contribution in [0.3, 0.4) is 0 Å². The summed E-state index contributed by atoms with van der Waals surface area (Å²) in [5.41, 5.74) is 0. The molecule has 0 fully saturated rings. The van der Waals surface area contributed by atoms with Crippen molar-refractivity contribution < 1.29 is 9.90 Å². The fourth-order valence-electron chi connectivity index (χ4n) is 0.226. The average Bonchev–Trinajstić information content (AvgIpc) is 1.67. The Kier molecular flexibility index (Phi) is 3.64. The molecule has 0 bridgehead atoms. The van der Waals surface area contributed by atoms with Gasteiger partial charge in [-0.3, -0.25) is 4.79 Å². The van der Waals surface area contributed by atoms with E-state index in [4.69, 9.17) is 5.11 Å². The third kappa shape index (κ3) is 2.87. The lowest BCUT2D eigenvalue weighted by Gasteiger charge is -2.01. The maximum Gasteiger partial charge on any atom is 0.234 e. The summed E-state index contributed by atoms with van der Waals surface area (Å²) in [6.45, 7) is 1.32. The zero-order valence-electron chi connectivity index (χ0n) is 4.59. The number of aliphatic hydroxyl groups is 1. The molecule has 0 aliphatic rings. The molecule has 4 heteroatoms. The monoisotopic (exact) mass is 135 g/mol. The average molecular weight is 135 g/mol. The molecule has 3 nitrogen and oxygen atoms in total. The largest absolute Gasteiger partial charge is 0.377 e. The molecule has 1 amide bonds. The Labute approximate surface area is 53.5 Å². The highest BCUT2D eigenvalue weighted by atomic mass is 32.1. The Morgan fingerprint density at radius 3 is 2.62 bits per heavy atom. The topological polar surface area (TPSA) is 49.3 Å². The second-order valence-corrected chi connectivity index (χ2v) is 2.15. The summed E-state index contributed by atoms with van der Waals surface area (Å²) in [7, 11) is 0. The van der Waals surface area contributed by atoms with Crippen molar-refractivity contribution in [3.63, 3.8) is 0 Å². The summed E-state index contributed by atoms with van der Waals surface area (Å²) < 4.78 is 0. The highest BCUT2D eigenvalue weighted by Gasteiger charge is 2.03. The van der Waals surface area contributed by atoms with Crippen LogP contribution < -0.4 is 5.32 Å². The van der Waals surface area contributed by atoms with Crippen molar-refractivity contribution in [2.75, 3.05) is 6.73 Å². The van der Waals surface area contributed by atoms with E-state index >= 15 is 0 Å². The van der Waals surface area contributed by atoms with Gasteiger partial charge in [0.2, 0.25) is 5.91 Å². The summed E-state index contributed by atoms with van der Waals surface area (Å²) in [6, 6.07) is 0. The van der Waals surface area contributed by atoms with Gasteiger partial charge in [-0.2, -0.15) is 12.6 Å². The van der Waals surface area contributed by atoms with E-state index in [0.717, 1.165) is 0 Å². The number of carbonyl (C=O) groups excluding carboxylic acids is 1. The highest BCUT2D eigenvalue weighted by Crippen LogP contribution is 1.89. The van der Waals surface area contributed by atoms with Gasteiger partial charge in [-0.05, 0) is 6.92 Å². The van der Waals surface area contributed by atoms with E-state index in [1.54, 1.807) is 6.92 Å². The van der Waals surface area contributed by atoms with Crippen LogP contribution in [0.5, 0.6) is 0 Å². The van der Waals surface area contributed by atoms with Crippen LogP contribution in [0.25, 0.3) is 0 Å². The SMILES string of the molecule is C[C@@H](S)C(=O)NCO. The van der Waals surface area contributed by atoms with Gasteiger partial charge < -0.3 is 10.4 Å². The van der Waals surface area contributed by atoms with Crippen molar-refractivity contribution in [1.82, 2.24) is 5.32 Å². The van der Waals surface area contributed by atoms with E-state index in [2.05, 4.69) is 17.9 Å². The van der Waals surface area contributed by atoms with Gasteiger partial charge in [0.1, 0.15) is 6.73 Å².